The molecule has 1 fully saturated rings. The van der Waals surface area contributed by atoms with E-state index in [0.29, 0.717) is 22.2 Å². The van der Waals surface area contributed by atoms with E-state index in [1.807, 2.05) is 24.3 Å². The van der Waals surface area contributed by atoms with Gasteiger partial charge in [0.05, 0.1) is 4.91 Å². The maximum atomic E-state index is 12.6. The van der Waals surface area contributed by atoms with Crippen LogP contribution in [-0.2, 0) is 9.59 Å². The molecule has 3 rings (SSSR count). The van der Waals surface area contributed by atoms with Crippen LogP contribution in [0.3, 0.4) is 0 Å². The zero-order valence-electron chi connectivity index (χ0n) is 13.7. The summed E-state index contributed by atoms with van der Waals surface area (Å²) in [5, 5.41) is 8.74. The second-order valence-electron chi connectivity index (χ2n) is 5.55. The van der Waals surface area contributed by atoms with E-state index >= 15 is 0 Å². The van der Waals surface area contributed by atoms with Crippen LogP contribution in [0.15, 0.2) is 47.9 Å². The molecule has 0 unspecified atom stereocenters. The van der Waals surface area contributed by atoms with E-state index < -0.39 is 5.97 Å². The Balaban J connectivity index is 1.84. The number of carbonyl (C=O) groups is 2. The summed E-state index contributed by atoms with van der Waals surface area (Å²) in [5.41, 5.74) is 2.65. The molecule has 0 aliphatic carbocycles. The minimum absolute atomic E-state index is 0.00689. The van der Waals surface area contributed by atoms with Gasteiger partial charge in [-0.05, 0) is 23.6 Å². The zero-order valence-corrected chi connectivity index (χ0v) is 15.3. The van der Waals surface area contributed by atoms with Gasteiger partial charge < -0.3 is 5.11 Å². The van der Waals surface area contributed by atoms with Crippen molar-refractivity contribution in [1.82, 2.24) is 14.9 Å². The summed E-state index contributed by atoms with van der Waals surface area (Å²) >= 11 is 6.51. The highest BCUT2D eigenvalue weighted by molar-refractivity contribution is 8.26. The summed E-state index contributed by atoms with van der Waals surface area (Å²) in [6.07, 6.45) is 7.08. The lowest BCUT2D eigenvalue weighted by atomic mass is 10.0. The third-order valence-electron chi connectivity index (χ3n) is 3.76. The van der Waals surface area contributed by atoms with Gasteiger partial charge in [-0.2, -0.15) is 0 Å². The predicted octanol–water partition coefficient (Wildman–Crippen LogP) is 3.21. The highest BCUT2D eigenvalue weighted by Crippen LogP contribution is 2.34. The van der Waals surface area contributed by atoms with E-state index in [1.54, 1.807) is 18.5 Å². The molecule has 0 atom stereocenters. The van der Waals surface area contributed by atoms with Gasteiger partial charge in [0.25, 0.3) is 5.91 Å². The van der Waals surface area contributed by atoms with Crippen LogP contribution in [0.25, 0.3) is 17.2 Å². The van der Waals surface area contributed by atoms with Gasteiger partial charge in [-0.15, -0.1) is 0 Å². The topological polar surface area (TPSA) is 83.4 Å². The first-order valence-corrected chi connectivity index (χ1v) is 9.10. The van der Waals surface area contributed by atoms with Crippen LogP contribution >= 0.6 is 24.0 Å². The molecule has 1 aliphatic rings. The third-order valence-corrected chi connectivity index (χ3v) is 5.14. The van der Waals surface area contributed by atoms with Crippen molar-refractivity contribution in [2.75, 3.05) is 6.54 Å². The van der Waals surface area contributed by atoms with Gasteiger partial charge in [-0.25, -0.2) is 9.97 Å². The number of aromatic nitrogens is 2. The van der Waals surface area contributed by atoms with E-state index in [4.69, 9.17) is 17.3 Å². The summed E-state index contributed by atoms with van der Waals surface area (Å²) in [5.74, 6) is -1.07. The quantitative estimate of drug-likeness (QED) is 0.604. The van der Waals surface area contributed by atoms with Crippen LogP contribution in [0, 0.1) is 0 Å². The molecule has 0 bridgehead atoms. The lowest BCUT2D eigenvalue weighted by molar-refractivity contribution is -0.137. The predicted molar refractivity (Wildman–Crippen MR) is 104 cm³/mol. The zero-order chi connectivity index (χ0) is 18.5. The molecule has 1 aromatic heterocycles. The molecule has 1 saturated heterocycles. The van der Waals surface area contributed by atoms with E-state index in [-0.39, 0.29) is 12.3 Å². The Kier molecular flexibility index (Phi) is 5.75. The van der Waals surface area contributed by atoms with Gasteiger partial charge in [0.1, 0.15) is 10.6 Å². The van der Waals surface area contributed by atoms with E-state index in [2.05, 4.69) is 9.97 Å². The minimum Gasteiger partial charge on any atom is -0.481 e. The molecule has 1 aromatic carbocycles. The molecule has 8 heteroatoms. The first-order valence-electron chi connectivity index (χ1n) is 7.88. The standard InChI is InChI=1S/C18H15N3O3S2/c22-16(23)6-3-7-21-17(24)15(26-18(21)25)8-12-4-1-2-5-14(12)13-9-19-11-20-10-13/h1-2,4-5,8-11H,3,6-7H2,(H,22,23). The third kappa shape index (κ3) is 4.14. The first-order chi connectivity index (χ1) is 12.6. The van der Waals surface area contributed by atoms with Crippen molar-refractivity contribution in [3.8, 4) is 11.1 Å². The highest BCUT2D eigenvalue weighted by Gasteiger charge is 2.31. The number of benzene rings is 1. The number of hydrogen-bond acceptors (Lipinski definition) is 6. The fourth-order valence-electron chi connectivity index (χ4n) is 2.55. The second-order valence-corrected chi connectivity index (χ2v) is 7.22. The number of nitrogens with zero attached hydrogens (tertiary/aromatic N) is 3. The van der Waals surface area contributed by atoms with Crippen LogP contribution in [-0.4, -0.2) is 42.7 Å². The van der Waals surface area contributed by atoms with Crippen molar-refractivity contribution in [3.05, 3.63) is 53.5 Å². The molecule has 0 radical (unpaired) electrons. The number of thioether (sulfide) groups is 1. The lowest BCUT2D eigenvalue weighted by Gasteiger charge is -2.13. The van der Waals surface area contributed by atoms with Crippen molar-refractivity contribution < 1.29 is 14.7 Å². The molecular formula is C18H15N3O3S2. The molecule has 1 amide bonds. The van der Waals surface area contributed by atoms with E-state index in [9.17, 15) is 9.59 Å². The average Bonchev–Trinajstić information content (AvgIpc) is 2.90. The first kappa shape index (κ1) is 18.2. The van der Waals surface area contributed by atoms with Gasteiger partial charge in [0.2, 0.25) is 0 Å². The van der Waals surface area contributed by atoms with Crippen LogP contribution < -0.4 is 0 Å². The summed E-state index contributed by atoms with van der Waals surface area (Å²) in [6.45, 7) is 0.308. The second kappa shape index (κ2) is 8.20. The SMILES string of the molecule is O=C(O)CCCN1C(=O)C(=Cc2ccccc2-c2cncnc2)SC1=S. The highest BCUT2D eigenvalue weighted by atomic mass is 32.2. The normalized spacial score (nSPS) is 15.7. The molecule has 0 saturated carbocycles. The molecule has 2 heterocycles. The number of carboxylic acids is 1. The molecule has 132 valence electrons. The Morgan fingerprint density at radius 1 is 1.27 bits per heavy atom. The van der Waals surface area contributed by atoms with Crippen LogP contribution in [0.2, 0.25) is 0 Å². The maximum absolute atomic E-state index is 12.6. The Morgan fingerprint density at radius 2 is 2.00 bits per heavy atom. The number of amides is 1. The van der Waals surface area contributed by atoms with Crippen molar-refractivity contribution in [1.29, 1.82) is 0 Å². The minimum atomic E-state index is -0.884. The largest absolute Gasteiger partial charge is 0.481 e. The average molecular weight is 385 g/mol. The number of rotatable bonds is 6. The summed E-state index contributed by atoms with van der Waals surface area (Å²) in [6, 6.07) is 7.67. The van der Waals surface area contributed by atoms with E-state index in [0.717, 1.165) is 16.7 Å². The molecule has 26 heavy (non-hydrogen) atoms. The number of hydrogen-bond donors (Lipinski definition) is 1. The Hall–Kier alpha value is -2.58. The molecule has 0 spiro atoms. The Bertz CT molecular complexity index is 884. The van der Waals surface area contributed by atoms with Gasteiger partial charge in [0.15, 0.2) is 0 Å². The lowest BCUT2D eigenvalue weighted by Crippen LogP contribution is -2.29. The number of carbonyl (C=O) groups excluding carboxylic acids is 1. The molecule has 1 aliphatic heterocycles. The number of thiocarbonyl (C=S) groups is 1. The summed E-state index contributed by atoms with van der Waals surface area (Å²) in [4.78, 5) is 33.3. The maximum Gasteiger partial charge on any atom is 0.303 e. The van der Waals surface area contributed by atoms with Gasteiger partial charge >= 0.3 is 5.97 Å². The summed E-state index contributed by atoms with van der Waals surface area (Å²) < 4.78 is 0.451. The smallest absolute Gasteiger partial charge is 0.303 e. The fourth-order valence-corrected chi connectivity index (χ4v) is 3.85. The summed E-state index contributed by atoms with van der Waals surface area (Å²) in [7, 11) is 0. The van der Waals surface area contributed by atoms with Crippen LogP contribution in [0.4, 0.5) is 0 Å². The Morgan fingerprint density at radius 3 is 2.73 bits per heavy atom. The van der Waals surface area contributed by atoms with Crippen molar-refractivity contribution >= 4 is 46.3 Å². The van der Waals surface area contributed by atoms with Crippen LogP contribution in [0.1, 0.15) is 18.4 Å². The fraction of sp³-hybridized carbons (Fsp3) is 0.167. The molecule has 1 N–H and O–H groups in total. The molecular weight excluding hydrogens is 370 g/mol. The number of carboxylic acid groups (broad SMARTS) is 1. The monoisotopic (exact) mass is 385 g/mol. The molecule has 6 nitrogen and oxygen atoms in total. The van der Waals surface area contributed by atoms with Gasteiger partial charge in [0, 0.05) is 30.9 Å². The van der Waals surface area contributed by atoms with Crippen molar-refractivity contribution in [2.24, 2.45) is 0 Å². The van der Waals surface area contributed by atoms with Crippen molar-refractivity contribution in [3.63, 3.8) is 0 Å². The Labute approximate surface area is 160 Å². The van der Waals surface area contributed by atoms with Crippen molar-refractivity contribution in [2.45, 2.75) is 12.8 Å². The molecule has 2 aromatic rings. The van der Waals surface area contributed by atoms with Gasteiger partial charge in [-0.1, -0.05) is 48.2 Å². The van der Waals surface area contributed by atoms with Crippen LogP contribution in [0.5, 0.6) is 0 Å². The number of aliphatic carboxylic acids is 1. The van der Waals surface area contributed by atoms with E-state index in [1.165, 1.54) is 23.0 Å². The van der Waals surface area contributed by atoms with Gasteiger partial charge in [-0.3, -0.25) is 14.5 Å².